The van der Waals surface area contributed by atoms with E-state index in [9.17, 15) is 8.42 Å². The number of hydrogen-bond donors (Lipinski definition) is 2. The van der Waals surface area contributed by atoms with Gasteiger partial charge in [-0.25, -0.2) is 13.6 Å². The van der Waals surface area contributed by atoms with Crippen LogP contribution in [0.4, 0.5) is 5.69 Å². The molecule has 3 rings (SSSR count). The average molecular weight is 516 g/mol. The molecule has 0 aliphatic carbocycles. The van der Waals surface area contributed by atoms with E-state index in [4.69, 9.17) is 49.4 Å². The summed E-state index contributed by atoms with van der Waals surface area (Å²) >= 11 is 18.6. The lowest BCUT2D eigenvalue weighted by atomic mass is 10.2. The van der Waals surface area contributed by atoms with Crippen molar-refractivity contribution in [2.45, 2.75) is 25.0 Å². The monoisotopic (exact) mass is 514 g/mol. The van der Waals surface area contributed by atoms with E-state index in [1.54, 1.807) is 36.4 Å². The Morgan fingerprint density at radius 3 is 2.28 bits per heavy atom. The van der Waals surface area contributed by atoms with Crippen molar-refractivity contribution >= 4 is 50.5 Å². The van der Waals surface area contributed by atoms with Gasteiger partial charge in [0.1, 0.15) is 6.61 Å². The molecule has 0 atom stereocenters. The van der Waals surface area contributed by atoms with E-state index >= 15 is 0 Å². The molecule has 0 aliphatic heterocycles. The van der Waals surface area contributed by atoms with E-state index in [1.165, 1.54) is 12.1 Å². The molecule has 0 radical (unpaired) electrons. The Morgan fingerprint density at radius 1 is 0.938 bits per heavy atom. The van der Waals surface area contributed by atoms with Gasteiger partial charge >= 0.3 is 0 Å². The molecular formula is C22H21Cl3N2O4S. The van der Waals surface area contributed by atoms with E-state index in [0.29, 0.717) is 39.7 Å². The van der Waals surface area contributed by atoms with Crippen molar-refractivity contribution in [3.05, 3.63) is 80.8 Å². The van der Waals surface area contributed by atoms with Crippen LogP contribution in [0.2, 0.25) is 15.1 Å². The fourth-order valence-corrected chi connectivity index (χ4v) is 4.15. The zero-order chi connectivity index (χ0) is 23.3. The standard InChI is InChI=1S/C22H21Cl3N2O4S/c1-2-30-21-10-14(12-27-17-5-7-18(8-6-17)32(26,28)29)9-20(25)22(21)31-13-15-3-4-16(23)11-19(15)24/h3-11,27H,2,12-13H2,1H3,(H2,26,28,29). The van der Waals surface area contributed by atoms with Crippen LogP contribution in [0.15, 0.2) is 59.5 Å². The topological polar surface area (TPSA) is 90.6 Å². The maximum absolute atomic E-state index is 11.4. The van der Waals surface area contributed by atoms with Gasteiger partial charge in [0.25, 0.3) is 0 Å². The fraction of sp³-hybridized carbons (Fsp3) is 0.182. The third-order valence-corrected chi connectivity index (χ3v) is 6.23. The largest absolute Gasteiger partial charge is 0.490 e. The third kappa shape index (κ3) is 6.43. The molecule has 0 saturated heterocycles. The number of nitrogens with two attached hydrogens (primary N) is 1. The number of nitrogens with one attached hydrogen (secondary N) is 1. The van der Waals surface area contributed by atoms with E-state index in [1.807, 2.05) is 13.0 Å². The summed E-state index contributed by atoms with van der Waals surface area (Å²) in [6, 6.07) is 14.9. The molecule has 170 valence electrons. The molecule has 3 aromatic rings. The number of benzene rings is 3. The highest BCUT2D eigenvalue weighted by Gasteiger charge is 2.14. The molecule has 0 bridgehead atoms. The summed E-state index contributed by atoms with van der Waals surface area (Å²) in [7, 11) is -3.73. The van der Waals surface area contributed by atoms with E-state index in [0.717, 1.165) is 16.8 Å². The predicted octanol–water partition coefficient (Wildman–Crippen LogP) is 5.88. The van der Waals surface area contributed by atoms with Gasteiger partial charge in [-0.3, -0.25) is 0 Å². The Morgan fingerprint density at radius 2 is 1.66 bits per heavy atom. The highest BCUT2D eigenvalue weighted by atomic mass is 35.5. The second-order valence-corrected chi connectivity index (χ2v) is 9.60. The molecule has 0 spiro atoms. The first-order valence-electron chi connectivity index (χ1n) is 9.56. The van der Waals surface area contributed by atoms with Gasteiger partial charge in [-0.05, 0) is 61.0 Å². The molecule has 0 aromatic heterocycles. The lowest BCUT2D eigenvalue weighted by Gasteiger charge is -2.16. The van der Waals surface area contributed by atoms with Gasteiger partial charge in [-0.15, -0.1) is 0 Å². The number of primary sulfonamides is 1. The Bertz CT molecular complexity index is 1200. The van der Waals surface area contributed by atoms with Gasteiger partial charge in [-0.1, -0.05) is 40.9 Å². The van der Waals surface area contributed by atoms with Crippen molar-refractivity contribution in [3.63, 3.8) is 0 Å². The Kier molecular flexibility index (Phi) is 8.14. The highest BCUT2D eigenvalue weighted by molar-refractivity contribution is 7.89. The molecule has 3 N–H and O–H groups in total. The predicted molar refractivity (Wildman–Crippen MR) is 129 cm³/mol. The van der Waals surface area contributed by atoms with Crippen LogP contribution in [-0.4, -0.2) is 15.0 Å². The lowest BCUT2D eigenvalue weighted by Crippen LogP contribution is -2.12. The molecule has 32 heavy (non-hydrogen) atoms. The van der Waals surface area contributed by atoms with Crippen molar-refractivity contribution in [3.8, 4) is 11.5 Å². The second kappa shape index (κ2) is 10.6. The molecular weight excluding hydrogens is 495 g/mol. The lowest BCUT2D eigenvalue weighted by molar-refractivity contribution is 0.269. The van der Waals surface area contributed by atoms with Crippen LogP contribution in [0.3, 0.4) is 0 Å². The van der Waals surface area contributed by atoms with Crippen molar-refractivity contribution in [2.75, 3.05) is 11.9 Å². The maximum atomic E-state index is 11.4. The molecule has 10 heteroatoms. The van der Waals surface area contributed by atoms with Crippen LogP contribution < -0.4 is 19.9 Å². The van der Waals surface area contributed by atoms with Crippen LogP contribution in [0, 0.1) is 0 Å². The molecule has 0 fully saturated rings. The van der Waals surface area contributed by atoms with Crippen LogP contribution in [0.5, 0.6) is 11.5 Å². The smallest absolute Gasteiger partial charge is 0.238 e. The minimum Gasteiger partial charge on any atom is -0.490 e. The van der Waals surface area contributed by atoms with Gasteiger partial charge < -0.3 is 14.8 Å². The quantitative estimate of drug-likeness (QED) is 0.371. The van der Waals surface area contributed by atoms with Gasteiger partial charge in [0.05, 0.1) is 16.5 Å². The van der Waals surface area contributed by atoms with Crippen molar-refractivity contribution in [2.24, 2.45) is 5.14 Å². The molecule has 0 heterocycles. The fourth-order valence-electron chi connectivity index (χ4n) is 2.88. The van der Waals surface area contributed by atoms with Crippen molar-refractivity contribution in [1.82, 2.24) is 0 Å². The summed E-state index contributed by atoms with van der Waals surface area (Å²) in [6.45, 7) is 2.92. The van der Waals surface area contributed by atoms with Gasteiger partial charge in [0.15, 0.2) is 11.5 Å². The Labute approximate surface area is 202 Å². The van der Waals surface area contributed by atoms with Crippen LogP contribution >= 0.6 is 34.8 Å². The zero-order valence-corrected chi connectivity index (χ0v) is 20.2. The number of hydrogen-bond acceptors (Lipinski definition) is 5. The molecule has 6 nitrogen and oxygen atoms in total. The van der Waals surface area contributed by atoms with E-state index < -0.39 is 10.0 Å². The SMILES string of the molecule is CCOc1cc(CNc2ccc(S(N)(=O)=O)cc2)cc(Cl)c1OCc1ccc(Cl)cc1Cl. The average Bonchev–Trinajstić information content (AvgIpc) is 2.73. The third-order valence-electron chi connectivity index (χ3n) is 4.44. The first-order chi connectivity index (χ1) is 15.2. The second-order valence-electron chi connectivity index (χ2n) is 6.79. The zero-order valence-electron chi connectivity index (χ0n) is 17.1. The summed E-state index contributed by atoms with van der Waals surface area (Å²) in [6.07, 6.45) is 0. The van der Waals surface area contributed by atoms with Gasteiger partial charge in [0, 0.05) is 27.8 Å². The summed E-state index contributed by atoms with van der Waals surface area (Å²) in [5.74, 6) is 0.923. The van der Waals surface area contributed by atoms with E-state index in [2.05, 4.69) is 5.32 Å². The summed E-state index contributed by atoms with van der Waals surface area (Å²) < 4.78 is 34.4. The maximum Gasteiger partial charge on any atom is 0.238 e. The summed E-state index contributed by atoms with van der Waals surface area (Å²) in [5.41, 5.74) is 2.35. The van der Waals surface area contributed by atoms with Crippen LogP contribution in [0.1, 0.15) is 18.1 Å². The Hall–Kier alpha value is -2.16. The molecule has 0 unspecified atom stereocenters. The minimum atomic E-state index is -3.73. The minimum absolute atomic E-state index is 0.0482. The van der Waals surface area contributed by atoms with Crippen molar-refractivity contribution < 1.29 is 17.9 Å². The van der Waals surface area contributed by atoms with Gasteiger partial charge in [-0.2, -0.15) is 0 Å². The number of halogens is 3. The van der Waals surface area contributed by atoms with Gasteiger partial charge in [0.2, 0.25) is 10.0 Å². The normalized spacial score (nSPS) is 11.3. The highest BCUT2D eigenvalue weighted by Crippen LogP contribution is 2.38. The summed E-state index contributed by atoms with van der Waals surface area (Å²) in [5, 5.41) is 9.76. The number of sulfonamides is 1. The van der Waals surface area contributed by atoms with Crippen LogP contribution in [0.25, 0.3) is 0 Å². The molecule has 0 amide bonds. The number of anilines is 1. The number of rotatable bonds is 9. The van der Waals surface area contributed by atoms with E-state index in [-0.39, 0.29) is 11.5 Å². The first-order valence-corrected chi connectivity index (χ1v) is 12.2. The molecule has 3 aromatic carbocycles. The first kappa shape index (κ1) is 24.5. The molecule has 0 saturated carbocycles. The molecule has 0 aliphatic rings. The van der Waals surface area contributed by atoms with Crippen molar-refractivity contribution in [1.29, 1.82) is 0 Å². The Balaban J connectivity index is 1.74. The van der Waals surface area contributed by atoms with Crippen LogP contribution in [-0.2, 0) is 23.2 Å². The number of ether oxygens (including phenoxy) is 2. The summed E-state index contributed by atoms with van der Waals surface area (Å²) in [4.78, 5) is 0.0482.